The van der Waals surface area contributed by atoms with Crippen molar-refractivity contribution in [3.63, 3.8) is 0 Å². The number of rotatable bonds is 3. The molecular weight excluding hydrogens is 170 g/mol. The van der Waals surface area contributed by atoms with Crippen molar-refractivity contribution >= 4 is 0 Å². The molecule has 0 aromatic heterocycles. The second-order valence-corrected chi connectivity index (χ2v) is 5.72. The molecule has 0 spiro atoms. The zero-order valence-corrected chi connectivity index (χ0v) is 9.72. The van der Waals surface area contributed by atoms with Crippen LogP contribution in [-0.2, 0) is 0 Å². The van der Waals surface area contributed by atoms with Gasteiger partial charge in [0, 0.05) is 0 Å². The van der Waals surface area contributed by atoms with E-state index in [1.165, 1.54) is 12.8 Å². The average Bonchev–Trinajstić information content (AvgIpc) is 2.18. The van der Waals surface area contributed by atoms with Gasteiger partial charge in [0.25, 0.3) is 0 Å². The average molecular weight is 193 g/mol. The summed E-state index contributed by atoms with van der Waals surface area (Å²) in [6, 6.07) is 0. The van der Waals surface area contributed by atoms with Crippen LogP contribution < -0.4 is 5.73 Å². The summed E-state index contributed by atoms with van der Waals surface area (Å²) in [5.41, 5.74) is 7.92. The zero-order chi connectivity index (χ0) is 10.3. The van der Waals surface area contributed by atoms with Gasteiger partial charge in [-0.25, -0.2) is 0 Å². The van der Waals surface area contributed by atoms with Crippen LogP contribution >= 0.6 is 0 Å². The van der Waals surface area contributed by atoms with Gasteiger partial charge in [-0.3, -0.25) is 0 Å². The summed E-state index contributed by atoms with van der Waals surface area (Å²) in [5, 5.41) is 0. The molecule has 0 saturated heterocycles. The zero-order valence-electron chi connectivity index (χ0n) is 9.72. The predicted octanol–water partition coefficient (Wildman–Crippen LogP) is 2.96. The summed E-state index contributed by atoms with van der Waals surface area (Å²) >= 11 is 0. The molecule has 0 aliphatic heterocycles. The maximum absolute atomic E-state index is 5.63. The second-order valence-electron chi connectivity index (χ2n) is 5.72. The lowest BCUT2D eigenvalue weighted by molar-refractivity contribution is -0.0125. The normalized spacial score (nSPS) is 35.9. The molecule has 3 aliphatic carbocycles. The van der Waals surface area contributed by atoms with Gasteiger partial charge in [-0.05, 0) is 49.0 Å². The summed E-state index contributed by atoms with van der Waals surface area (Å²) < 4.78 is 0. The van der Waals surface area contributed by atoms with Crippen molar-refractivity contribution in [1.29, 1.82) is 0 Å². The van der Waals surface area contributed by atoms with Crippen LogP contribution in [0.2, 0.25) is 0 Å². The predicted molar refractivity (Wildman–Crippen MR) is 60.9 cm³/mol. The monoisotopic (exact) mass is 193 g/mol. The first kappa shape index (κ1) is 10.2. The Kier molecular flexibility index (Phi) is 2.46. The van der Waals surface area contributed by atoms with E-state index in [1.807, 2.05) is 0 Å². The molecule has 0 amide bonds. The van der Waals surface area contributed by atoms with Crippen LogP contribution in [-0.4, -0.2) is 6.54 Å². The number of hydrogen-bond donors (Lipinski definition) is 1. The molecule has 0 aromatic carbocycles. The van der Waals surface area contributed by atoms with Crippen LogP contribution in [0.1, 0.15) is 40.0 Å². The molecule has 1 saturated carbocycles. The molecule has 14 heavy (non-hydrogen) atoms. The van der Waals surface area contributed by atoms with Gasteiger partial charge in [0.05, 0.1) is 0 Å². The highest BCUT2D eigenvalue weighted by Crippen LogP contribution is 2.60. The van der Waals surface area contributed by atoms with Gasteiger partial charge in [0.1, 0.15) is 0 Å². The Morgan fingerprint density at radius 2 is 2.29 bits per heavy atom. The molecule has 3 atom stereocenters. The molecule has 0 heterocycles. The van der Waals surface area contributed by atoms with E-state index in [2.05, 4.69) is 26.8 Å². The molecule has 3 unspecified atom stereocenters. The number of hydrogen-bond acceptors (Lipinski definition) is 1. The van der Waals surface area contributed by atoms with Crippen LogP contribution in [0.4, 0.5) is 0 Å². The SMILES string of the molecule is CC(CCN)C1=CCC2CC1C2(C)C. The third-order valence-electron chi connectivity index (χ3n) is 4.68. The lowest BCUT2D eigenvalue weighted by Gasteiger charge is -2.57. The van der Waals surface area contributed by atoms with E-state index in [4.69, 9.17) is 5.73 Å². The van der Waals surface area contributed by atoms with Gasteiger partial charge < -0.3 is 5.73 Å². The Hall–Kier alpha value is -0.300. The quantitative estimate of drug-likeness (QED) is 0.685. The number of fused-ring (bicyclic) bond motifs is 1. The molecule has 3 rings (SSSR count). The molecule has 1 fully saturated rings. The topological polar surface area (TPSA) is 26.0 Å². The molecule has 3 aliphatic rings. The van der Waals surface area contributed by atoms with Gasteiger partial charge in [-0.1, -0.05) is 32.4 Å². The van der Waals surface area contributed by atoms with Crippen molar-refractivity contribution in [3.05, 3.63) is 11.6 Å². The first-order valence-corrected chi connectivity index (χ1v) is 5.97. The molecule has 2 N–H and O–H groups in total. The van der Waals surface area contributed by atoms with E-state index < -0.39 is 0 Å². The Bertz CT molecular complexity index is 252. The Morgan fingerprint density at radius 1 is 1.57 bits per heavy atom. The maximum Gasteiger partial charge on any atom is -0.00717 e. The van der Waals surface area contributed by atoms with E-state index in [1.54, 1.807) is 5.57 Å². The fourth-order valence-corrected chi connectivity index (χ4v) is 3.36. The largest absolute Gasteiger partial charge is 0.330 e. The highest BCUT2D eigenvalue weighted by molar-refractivity contribution is 5.24. The van der Waals surface area contributed by atoms with Gasteiger partial charge in [0.15, 0.2) is 0 Å². The minimum absolute atomic E-state index is 0.576. The van der Waals surface area contributed by atoms with Gasteiger partial charge in [-0.2, -0.15) is 0 Å². The Morgan fingerprint density at radius 3 is 2.79 bits per heavy atom. The second kappa shape index (κ2) is 3.37. The van der Waals surface area contributed by atoms with Crippen LogP contribution in [0.3, 0.4) is 0 Å². The summed E-state index contributed by atoms with van der Waals surface area (Å²) in [7, 11) is 0. The van der Waals surface area contributed by atoms with Crippen molar-refractivity contribution < 1.29 is 0 Å². The maximum atomic E-state index is 5.63. The smallest absolute Gasteiger partial charge is 0.00717 e. The lowest BCUT2D eigenvalue weighted by Crippen LogP contribution is -2.49. The van der Waals surface area contributed by atoms with Crippen molar-refractivity contribution in [2.75, 3.05) is 6.54 Å². The van der Waals surface area contributed by atoms with Crippen LogP contribution in [0.25, 0.3) is 0 Å². The van der Waals surface area contributed by atoms with E-state index in [-0.39, 0.29) is 0 Å². The van der Waals surface area contributed by atoms with E-state index in [9.17, 15) is 0 Å². The minimum Gasteiger partial charge on any atom is -0.330 e. The summed E-state index contributed by atoms with van der Waals surface area (Å²) in [5.74, 6) is 2.54. The van der Waals surface area contributed by atoms with E-state index >= 15 is 0 Å². The minimum atomic E-state index is 0.576. The number of allylic oxidation sites excluding steroid dienone is 2. The summed E-state index contributed by atoms with van der Waals surface area (Å²) in [6.45, 7) is 8.05. The van der Waals surface area contributed by atoms with Crippen molar-refractivity contribution in [3.8, 4) is 0 Å². The Labute approximate surface area is 87.8 Å². The fourth-order valence-electron chi connectivity index (χ4n) is 3.36. The molecule has 80 valence electrons. The fraction of sp³-hybridized carbons (Fsp3) is 0.846. The number of nitrogens with two attached hydrogens (primary N) is 1. The molecule has 0 radical (unpaired) electrons. The van der Waals surface area contributed by atoms with Crippen molar-refractivity contribution in [1.82, 2.24) is 0 Å². The summed E-state index contributed by atoms with van der Waals surface area (Å²) in [4.78, 5) is 0. The highest BCUT2D eigenvalue weighted by Gasteiger charge is 2.51. The lowest BCUT2D eigenvalue weighted by atomic mass is 9.47. The van der Waals surface area contributed by atoms with Crippen molar-refractivity contribution in [2.24, 2.45) is 28.9 Å². The molecule has 1 nitrogen and oxygen atoms in total. The van der Waals surface area contributed by atoms with Crippen molar-refractivity contribution in [2.45, 2.75) is 40.0 Å². The highest BCUT2D eigenvalue weighted by atomic mass is 14.6. The molecule has 0 aromatic rings. The van der Waals surface area contributed by atoms with Gasteiger partial charge >= 0.3 is 0 Å². The molecule has 2 bridgehead atoms. The van der Waals surface area contributed by atoms with Gasteiger partial charge in [0.2, 0.25) is 0 Å². The Balaban J connectivity index is 2.10. The standard InChI is InChI=1S/C13H23N/c1-9(6-7-14)11-5-4-10-8-12(11)13(10,2)3/h5,9-10,12H,4,6-8,14H2,1-3H3. The van der Waals surface area contributed by atoms with Crippen LogP contribution in [0.5, 0.6) is 0 Å². The van der Waals surface area contributed by atoms with E-state index in [0.717, 1.165) is 24.8 Å². The molecule has 1 heteroatoms. The molecular formula is C13H23N. The first-order valence-electron chi connectivity index (χ1n) is 5.97. The summed E-state index contributed by atoms with van der Waals surface area (Å²) in [6.07, 6.45) is 6.41. The first-order chi connectivity index (χ1) is 6.57. The third kappa shape index (κ3) is 1.33. The van der Waals surface area contributed by atoms with Crippen LogP contribution in [0, 0.1) is 23.2 Å². The third-order valence-corrected chi connectivity index (χ3v) is 4.68. The van der Waals surface area contributed by atoms with Gasteiger partial charge in [-0.15, -0.1) is 0 Å². The van der Waals surface area contributed by atoms with E-state index in [0.29, 0.717) is 11.3 Å². The van der Waals surface area contributed by atoms with Crippen LogP contribution in [0.15, 0.2) is 11.6 Å².